The minimum Gasteiger partial charge on any atom is -0.493 e. The lowest BCUT2D eigenvalue weighted by Gasteiger charge is -2.12. The number of rotatable bonds is 5. The molecule has 5 rings (SSSR count). The lowest BCUT2D eigenvalue weighted by molar-refractivity contribution is 0.102. The highest BCUT2D eigenvalue weighted by Gasteiger charge is 2.33. The zero-order valence-corrected chi connectivity index (χ0v) is 17.4. The van der Waals surface area contributed by atoms with E-state index in [2.05, 4.69) is 15.4 Å². The molecule has 160 valence electrons. The van der Waals surface area contributed by atoms with Crippen molar-refractivity contribution >= 4 is 11.6 Å². The van der Waals surface area contributed by atoms with Gasteiger partial charge in [0.25, 0.3) is 5.91 Å². The van der Waals surface area contributed by atoms with Gasteiger partial charge in [0.05, 0.1) is 31.8 Å². The maximum atomic E-state index is 14.7. The molecule has 2 aromatic carbocycles. The molecule has 1 aliphatic rings. The molecular formula is C24H19FN4O3. The van der Waals surface area contributed by atoms with Crippen molar-refractivity contribution in [1.82, 2.24) is 14.8 Å². The van der Waals surface area contributed by atoms with Gasteiger partial charge in [-0.3, -0.25) is 9.78 Å². The molecule has 0 fully saturated rings. The third kappa shape index (κ3) is 3.17. The van der Waals surface area contributed by atoms with Crippen LogP contribution in [0.15, 0.2) is 60.9 Å². The number of aromatic nitrogens is 3. The first-order valence-corrected chi connectivity index (χ1v) is 9.94. The molecule has 0 bridgehead atoms. The molecule has 0 atom stereocenters. The fourth-order valence-electron chi connectivity index (χ4n) is 3.98. The molecule has 8 heteroatoms. The molecule has 4 aromatic rings. The van der Waals surface area contributed by atoms with Crippen LogP contribution >= 0.6 is 0 Å². The summed E-state index contributed by atoms with van der Waals surface area (Å²) in [4.78, 5) is 17.2. The van der Waals surface area contributed by atoms with Crippen LogP contribution in [0.1, 0.15) is 21.6 Å². The van der Waals surface area contributed by atoms with Crippen molar-refractivity contribution in [2.24, 2.45) is 0 Å². The number of amides is 1. The summed E-state index contributed by atoms with van der Waals surface area (Å²) in [5.41, 5.74) is 4.14. The Balaban J connectivity index is 1.69. The van der Waals surface area contributed by atoms with Gasteiger partial charge in [-0.2, -0.15) is 5.10 Å². The summed E-state index contributed by atoms with van der Waals surface area (Å²) in [7, 11) is 3.13. The lowest BCUT2D eigenvalue weighted by atomic mass is 10.1. The quantitative estimate of drug-likeness (QED) is 0.451. The van der Waals surface area contributed by atoms with Crippen LogP contribution in [-0.4, -0.2) is 34.9 Å². The molecule has 0 unspecified atom stereocenters. The summed E-state index contributed by atoms with van der Waals surface area (Å²) in [6, 6.07) is 13.5. The number of hydrogen-bond acceptors (Lipinski definition) is 5. The van der Waals surface area contributed by atoms with Crippen LogP contribution in [0, 0.1) is 5.82 Å². The van der Waals surface area contributed by atoms with Gasteiger partial charge in [0.15, 0.2) is 17.2 Å². The van der Waals surface area contributed by atoms with E-state index in [1.54, 1.807) is 56.9 Å². The Bertz CT molecular complexity index is 1330. The van der Waals surface area contributed by atoms with Gasteiger partial charge in [-0.05, 0) is 42.0 Å². The van der Waals surface area contributed by atoms with E-state index in [0.29, 0.717) is 34.9 Å². The molecule has 2 heterocycles. The highest BCUT2D eigenvalue weighted by atomic mass is 19.1. The third-order valence-electron chi connectivity index (χ3n) is 5.43. The van der Waals surface area contributed by atoms with Crippen molar-refractivity contribution in [1.29, 1.82) is 0 Å². The Hall–Kier alpha value is -4.20. The van der Waals surface area contributed by atoms with E-state index in [1.807, 2.05) is 12.1 Å². The normalized spacial score (nSPS) is 11.6. The van der Waals surface area contributed by atoms with Gasteiger partial charge in [-0.15, -0.1) is 0 Å². The second-order valence-corrected chi connectivity index (χ2v) is 7.28. The monoisotopic (exact) mass is 430 g/mol. The molecule has 2 aromatic heterocycles. The first-order valence-electron chi connectivity index (χ1n) is 9.94. The second-order valence-electron chi connectivity index (χ2n) is 7.28. The average Bonchev–Trinajstić information content (AvgIpc) is 3.36. The van der Waals surface area contributed by atoms with Gasteiger partial charge < -0.3 is 14.8 Å². The number of fused-ring (bicyclic) bond motifs is 3. The summed E-state index contributed by atoms with van der Waals surface area (Å²) >= 11 is 0. The highest BCUT2D eigenvalue weighted by molar-refractivity contribution is 6.05. The van der Waals surface area contributed by atoms with Crippen LogP contribution in [0.25, 0.3) is 16.9 Å². The van der Waals surface area contributed by atoms with Crippen molar-refractivity contribution in [3.8, 4) is 28.4 Å². The molecular weight excluding hydrogens is 411 g/mol. The minimum absolute atomic E-state index is 0.223. The minimum atomic E-state index is -0.439. The number of hydrogen-bond donors (Lipinski definition) is 1. The standard InChI is InChI=1S/C24H19FN4O3/c1-31-20-11-14-10-17-22(24(30)27-15-6-5-9-26-13-15)28-29(19-8-4-3-7-18(19)25)23(17)16(14)12-21(20)32-2/h3-9,11-13H,10H2,1-2H3,(H,27,30). The SMILES string of the molecule is COc1cc2c(cc1OC)-c1c(c(C(=O)Nc3cccnc3)nn1-c1ccccc1F)C2. The van der Waals surface area contributed by atoms with Crippen LogP contribution < -0.4 is 14.8 Å². The van der Waals surface area contributed by atoms with E-state index < -0.39 is 11.7 Å². The van der Waals surface area contributed by atoms with E-state index in [-0.39, 0.29) is 11.4 Å². The summed E-state index contributed by atoms with van der Waals surface area (Å²) in [6.45, 7) is 0. The smallest absolute Gasteiger partial charge is 0.276 e. The number of carbonyl (C=O) groups is 1. The Morgan fingerprint density at radius 2 is 1.88 bits per heavy atom. The molecule has 0 aliphatic heterocycles. The largest absolute Gasteiger partial charge is 0.493 e. The first-order chi connectivity index (χ1) is 15.6. The molecule has 32 heavy (non-hydrogen) atoms. The van der Waals surface area contributed by atoms with Crippen molar-refractivity contribution in [2.75, 3.05) is 19.5 Å². The fraction of sp³-hybridized carbons (Fsp3) is 0.125. The molecule has 1 amide bonds. The molecule has 0 saturated carbocycles. The van der Waals surface area contributed by atoms with E-state index in [0.717, 1.165) is 11.1 Å². The van der Waals surface area contributed by atoms with Crippen molar-refractivity contribution in [3.63, 3.8) is 0 Å². The van der Waals surface area contributed by atoms with Crippen LogP contribution in [0.5, 0.6) is 11.5 Å². The van der Waals surface area contributed by atoms with E-state index in [1.165, 1.54) is 10.7 Å². The summed E-state index contributed by atoms with van der Waals surface area (Å²) < 4.78 is 27.1. The Morgan fingerprint density at radius 3 is 2.59 bits per heavy atom. The number of nitrogens with one attached hydrogen (secondary N) is 1. The topological polar surface area (TPSA) is 78.3 Å². The number of halogens is 1. The molecule has 1 aliphatic carbocycles. The maximum absolute atomic E-state index is 14.7. The van der Waals surface area contributed by atoms with Gasteiger partial charge >= 0.3 is 0 Å². The van der Waals surface area contributed by atoms with E-state index in [4.69, 9.17) is 9.47 Å². The lowest BCUT2D eigenvalue weighted by Crippen LogP contribution is -2.15. The zero-order chi connectivity index (χ0) is 22.2. The first kappa shape index (κ1) is 19.7. The van der Waals surface area contributed by atoms with Crippen LogP contribution in [0.4, 0.5) is 10.1 Å². The predicted octanol–water partition coefficient (Wildman–Crippen LogP) is 4.25. The predicted molar refractivity (Wildman–Crippen MR) is 117 cm³/mol. The molecule has 1 N–H and O–H groups in total. The summed E-state index contributed by atoms with van der Waals surface area (Å²) in [5.74, 6) is 0.298. The van der Waals surface area contributed by atoms with Crippen molar-refractivity contribution in [3.05, 3.63) is 83.6 Å². The van der Waals surface area contributed by atoms with Crippen LogP contribution in [0.2, 0.25) is 0 Å². The van der Waals surface area contributed by atoms with Crippen molar-refractivity contribution < 1.29 is 18.7 Å². The fourth-order valence-corrected chi connectivity index (χ4v) is 3.98. The van der Waals surface area contributed by atoms with Gasteiger partial charge in [-0.25, -0.2) is 9.07 Å². The molecule has 7 nitrogen and oxygen atoms in total. The Morgan fingerprint density at radius 1 is 1.09 bits per heavy atom. The summed E-state index contributed by atoms with van der Waals surface area (Å²) in [6.07, 6.45) is 3.63. The van der Waals surface area contributed by atoms with E-state index >= 15 is 0 Å². The van der Waals surface area contributed by atoms with Gasteiger partial charge in [0.1, 0.15) is 11.5 Å². The number of nitrogens with zero attached hydrogens (tertiary/aromatic N) is 3. The van der Waals surface area contributed by atoms with Gasteiger partial charge in [0.2, 0.25) is 0 Å². The highest BCUT2D eigenvalue weighted by Crippen LogP contribution is 2.45. The number of anilines is 1. The molecule has 0 spiro atoms. The zero-order valence-electron chi connectivity index (χ0n) is 17.4. The number of methoxy groups -OCH3 is 2. The summed E-state index contributed by atoms with van der Waals surface area (Å²) in [5, 5.41) is 7.35. The van der Waals surface area contributed by atoms with E-state index in [9.17, 15) is 9.18 Å². The number of benzene rings is 2. The van der Waals surface area contributed by atoms with Crippen LogP contribution in [-0.2, 0) is 6.42 Å². The number of pyridine rings is 1. The van der Waals surface area contributed by atoms with Gasteiger partial charge in [0, 0.05) is 23.7 Å². The number of para-hydroxylation sites is 1. The number of carbonyl (C=O) groups excluding carboxylic acids is 1. The average molecular weight is 430 g/mol. The maximum Gasteiger partial charge on any atom is 0.276 e. The molecule has 0 saturated heterocycles. The Kier molecular flexibility index (Phi) is 4.82. The second kappa shape index (κ2) is 7.81. The molecule has 0 radical (unpaired) electrons. The Labute approximate surface area is 183 Å². The third-order valence-corrected chi connectivity index (χ3v) is 5.43. The van der Waals surface area contributed by atoms with Crippen LogP contribution in [0.3, 0.4) is 0 Å². The van der Waals surface area contributed by atoms with Gasteiger partial charge in [-0.1, -0.05) is 12.1 Å². The van der Waals surface area contributed by atoms with Crippen molar-refractivity contribution in [2.45, 2.75) is 6.42 Å². The number of ether oxygens (including phenoxy) is 2.